The molecule has 1 fully saturated rings. The van der Waals surface area contributed by atoms with Gasteiger partial charge in [0, 0.05) is 31.6 Å². The van der Waals surface area contributed by atoms with Gasteiger partial charge >= 0.3 is 0 Å². The minimum atomic E-state index is -3.61. The van der Waals surface area contributed by atoms with E-state index in [1.54, 1.807) is 41.3 Å². The van der Waals surface area contributed by atoms with Crippen molar-refractivity contribution in [1.29, 1.82) is 0 Å². The summed E-state index contributed by atoms with van der Waals surface area (Å²) >= 11 is 0. The first kappa shape index (κ1) is 30.4. The Morgan fingerprint density at radius 1 is 1.10 bits per heavy atom. The van der Waals surface area contributed by atoms with Crippen LogP contribution >= 0.6 is 0 Å². The highest BCUT2D eigenvalue weighted by Gasteiger charge is 2.30. The minimum absolute atomic E-state index is 0.0460. The highest BCUT2D eigenvalue weighted by Crippen LogP contribution is 2.24. The molecule has 214 valence electrons. The molecule has 1 aliphatic rings. The maximum absolute atomic E-state index is 13.6. The van der Waals surface area contributed by atoms with Gasteiger partial charge in [-0.25, -0.2) is 12.8 Å². The summed E-state index contributed by atoms with van der Waals surface area (Å²) in [7, 11) is -2.10. The Labute approximate surface area is 231 Å². The van der Waals surface area contributed by atoms with Gasteiger partial charge in [0.15, 0.2) is 0 Å². The molecule has 0 saturated heterocycles. The fourth-order valence-electron chi connectivity index (χ4n) is 5.02. The number of nitrogens with zero attached hydrogens (tertiary/aromatic N) is 2. The van der Waals surface area contributed by atoms with Gasteiger partial charge in [0.25, 0.3) is 0 Å². The number of rotatable bonds is 13. The lowest BCUT2D eigenvalue weighted by Crippen LogP contribution is -2.51. The summed E-state index contributed by atoms with van der Waals surface area (Å²) in [6, 6.07) is 12.0. The summed E-state index contributed by atoms with van der Waals surface area (Å²) in [6.07, 6.45) is 7.02. The Bertz CT molecular complexity index is 1200. The van der Waals surface area contributed by atoms with Gasteiger partial charge in [0.2, 0.25) is 21.8 Å². The number of hydrogen-bond donors (Lipinski definition) is 1. The van der Waals surface area contributed by atoms with Crippen LogP contribution < -0.4 is 14.4 Å². The summed E-state index contributed by atoms with van der Waals surface area (Å²) in [5, 5.41) is 3.13. The second-order valence-corrected chi connectivity index (χ2v) is 12.0. The molecule has 0 spiro atoms. The number of carbonyl (C=O) groups is 2. The molecule has 2 amide bonds. The lowest BCUT2D eigenvalue weighted by Gasteiger charge is -2.33. The molecule has 8 nitrogen and oxygen atoms in total. The third kappa shape index (κ3) is 8.95. The number of sulfonamides is 1. The normalized spacial score (nSPS) is 14.9. The second kappa shape index (κ2) is 14.3. The van der Waals surface area contributed by atoms with Crippen molar-refractivity contribution in [2.45, 2.75) is 76.9 Å². The first-order valence-corrected chi connectivity index (χ1v) is 15.4. The zero-order chi connectivity index (χ0) is 28.4. The van der Waals surface area contributed by atoms with E-state index in [4.69, 9.17) is 4.74 Å². The molecule has 1 saturated carbocycles. The van der Waals surface area contributed by atoms with Crippen LogP contribution in [0.25, 0.3) is 0 Å². The third-order valence-electron chi connectivity index (χ3n) is 7.10. The lowest BCUT2D eigenvalue weighted by atomic mass is 9.95. The highest BCUT2D eigenvalue weighted by atomic mass is 32.2. The summed E-state index contributed by atoms with van der Waals surface area (Å²) in [5.74, 6) is -0.298. The van der Waals surface area contributed by atoms with E-state index in [0.717, 1.165) is 31.9 Å². The fourth-order valence-corrected chi connectivity index (χ4v) is 5.98. The molecule has 1 N–H and O–H groups in total. The molecule has 39 heavy (non-hydrogen) atoms. The van der Waals surface area contributed by atoms with Gasteiger partial charge in [0.1, 0.15) is 17.6 Å². The number of anilines is 1. The van der Waals surface area contributed by atoms with Crippen LogP contribution in [0.15, 0.2) is 48.5 Å². The van der Waals surface area contributed by atoms with Crippen LogP contribution in [0.5, 0.6) is 5.75 Å². The van der Waals surface area contributed by atoms with Crippen LogP contribution in [0.4, 0.5) is 10.1 Å². The number of amides is 2. The van der Waals surface area contributed by atoms with Gasteiger partial charge in [0.05, 0.1) is 19.1 Å². The molecule has 1 aliphatic carbocycles. The molecule has 1 atom stereocenters. The molecule has 2 aromatic rings. The Kier molecular flexibility index (Phi) is 11.2. The molecule has 3 rings (SSSR count). The molecule has 0 heterocycles. The van der Waals surface area contributed by atoms with Crippen LogP contribution in [-0.2, 0) is 26.2 Å². The predicted molar refractivity (Wildman–Crippen MR) is 150 cm³/mol. The van der Waals surface area contributed by atoms with Crippen LogP contribution in [0, 0.1) is 5.82 Å². The molecular weight excluding hydrogens is 521 g/mol. The lowest BCUT2D eigenvalue weighted by molar-refractivity contribution is -0.141. The number of benzene rings is 2. The maximum atomic E-state index is 13.6. The summed E-state index contributed by atoms with van der Waals surface area (Å²) in [4.78, 5) is 28.4. The number of methoxy groups -OCH3 is 1. The van der Waals surface area contributed by atoms with E-state index in [2.05, 4.69) is 5.32 Å². The molecule has 0 bridgehead atoms. The molecule has 0 radical (unpaired) electrons. The summed E-state index contributed by atoms with van der Waals surface area (Å²) in [5.41, 5.74) is 1.16. The van der Waals surface area contributed by atoms with Crippen molar-refractivity contribution < 1.29 is 27.1 Å². The molecule has 0 aromatic heterocycles. The van der Waals surface area contributed by atoms with Crippen molar-refractivity contribution in [2.75, 3.05) is 24.2 Å². The second-order valence-electron chi connectivity index (χ2n) is 10.1. The molecule has 0 aliphatic heterocycles. The van der Waals surface area contributed by atoms with Crippen molar-refractivity contribution >= 4 is 27.5 Å². The molecule has 1 unspecified atom stereocenters. The van der Waals surface area contributed by atoms with E-state index in [1.807, 2.05) is 6.92 Å². The Morgan fingerprint density at radius 3 is 2.41 bits per heavy atom. The number of nitrogens with one attached hydrogen (secondary N) is 1. The Hall–Kier alpha value is -3.14. The number of carbonyl (C=O) groups excluding carboxylic acids is 2. The monoisotopic (exact) mass is 561 g/mol. The van der Waals surface area contributed by atoms with Crippen LogP contribution in [0.2, 0.25) is 0 Å². The van der Waals surface area contributed by atoms with E-state index < -0.39 is 16.1 Å². The molecule has 10 heteroatoms. The number of halogens is 1. The quantitative estimate of drug-likeness (QED) is 0.385. The number of hydrogen-bond acceptors (Lipinski definition) is 5. The van der Waals surface area contributed by atoms with Gasteiger partial charge < -0.3 is 15.0 Å². The average molecular weight is 562 g/mol. The SMILES string of the molecule is CCC(C(=O)NC1CCCCC1)N(Cc1ccc(F)cc1)C(=O)CCCN(c1cccc(OC)c1)S(C)(=O)=O. The Balaban J connectivity index is 1.75. The van der Waals surface area contributed by atoms with Crippen LogP contribution in [-0.4, -0.2) is 57.1 Å². The van der Waals surface area contributed by atoms with E-state index in [1.165, 1.54) is 30.0 Å². The van der Waals surface area contributed by atoms with Crippen molar-refractivity contribution in [3.8, 4) is 5.75 Å². The smallest absolute Gasteiger partial charge is 0.243 e. The topological polar surface area (TPSA) is 96.0 Å². The largest absolute Gasteiger partial charge is 0.497 e. The highest BCUT2D eigenvalue weighted by molar-refractivity contribution is 7.92. The van der Waals surface area contributed by atoms with Crippen molar-refractivity contribution in [2.24, 2.45) is 0 Å². The fraction of sp³-hybridized carbons (Fsp3) is 0.517. The van der Waals surface area contributed by atoms with E-state index in [9.17, 15) is 22.4 Å². The van der Waals surface area contributed by atoms with Crippen molar-refractivity contribution in [3.63, 3.8) is 0 Å². The molecule has 2 aromatic carbocycles. The maximum Gasteiger partial charge on any atom is 0.243 e. The van der Waals surface area contributed by atoms with Gasteiger partial charge in [-0.15, -0.1) is 0 Å². The summed E-state index contributed by atoms with van der Waals surface area (Å²) < 4.78 is 45.1. The number of ether oxygens (including phenoxy) is 1. The van der Waals surface area contributed by atoms with Crippen molar-refractivity contribution in [3.05, 3.63) is 59.9 Å². The first-order chi connectivity index (χ1) is 18.6. The van der Waals surface area contributed by atoms with Crippen LogP contribution in [0.3, 0.4) is 0 Å². The third-order valence-corrected chi connectivity index (χ3v) is 8.29. The van der Waals surface area contributed by atoms with Gasteiger partial charge in [-0.3, -0.25) is 13.9 Å². The predicted octanol–water partition coefficient (Wildman–Crippen LogP) is 4.64. The zero-order valence-corrected chi connectivity index (χ0v) is 23.9. The average Bonchev–Trinajstić information content (AvgIpc) is 2.91. The van der Waals surface area contributed by atoms with Gasteiger partial charge in [-0.1, -0.05) is 44.4 Å². The van der Waals surface area contributed by atoms with E-state index >= 15 is 0 Å². The minimum Gasteiger partial charge on any atom is -0.497 e. The Morgan fingerprint density at radius 2 is 1.79 bits per heavy atom. The van der Waals surface area contributed by atoms with E-state index in [-0.39, 0.29) is 49.6 Å². The van der Waals surface area contributed by atoms with Gasteiger partial charge in [-0.05, 0) is 55.5 Å². The van der Waals surface area contributed by atoms with Crippen molar-refractivity contribution in [1.82, 2.24) is 10.2 Å². The standard InChI is InChI=1S/C29H40FN3O5S/c1-4-27(29(35)31-24-10-6-5-7-11-24)32(21-22-15-17-23(30)18-16-22)28(34)14-9-19-33(39(3,36)37)25-12-8-13-26(20-25)38-2/h8,12-13,15-18,20,24,27H,4-7,9-11,14,19,21H2,1-3H3,(H,31,35). The van der Waals surface area contributed by atoms with Crippen LogP contribution in [0.1, 0.15) is 63.9 Å². The molecular formula is C29H40FN3O5S. The van der Waals surface area contributed by atoms with E-state index in [0.29, 0.717) is 23.4 Å². The van der Waals surface area contributed by atoms with Gasteiger partial charge in [-0.2, -0.15) is 0 Å². The zero-order valence-electron chi connectivity index (χ0n) is 23.1. The summed E-state index contributed by atoms with van der Waals surface area (Å²) in [6.45, 7) is 2.11. The first-order valence-electron chi connectivity index (χ1n) is 13.6.